The molecule has 1 aromatic heterocycles. The molecule has 198 valence electrons. The molecule has 3 N–H and O–H groups in total. The van der Waals surface area contributed by atoms with Gasteiger partial charge in [-0.1, -0.05) is 89.9 Å². The number of carbonyl (C=O) groups excluding carboxylic acids is 2. The van der Waals surface area contributed by atoms with Crippen molar-refractivity contribution in [1.82, 2.24) is 14.8 Å². The average Bonchev–Trinajstić information content (AvgIpc) is 3.25. The van der Waals surface area contributed by atoms with E-state index in [0.29, 0.717) is 17.2 Å². The van der Waals surface area contributed by atoms with Crippen LogP contribution in [0.15, 0.2) is 53.7 Å². The first-order valence-corrected chi connectivity index (χ1v) is 13.9. The summed E-state index contributed by atoms with van der Waals surface area (Å²) >= 11 is 1.38. The van der Waals surface area contributed by atoms with Crippen molar-refractivity contribution in [3.63, 3.8) is 0 Å². The van der Waals surface area contributed by atoms with E-state index < -0.39 is 5.91 Å². The number of unbranched alkanes of at least 4 members (excludes halogenated alkanes) is 2. The zero-order valence-electron chi connectivity index (χ0n) is 22.6. The molecular weight excluding hydrogens is 482 g/mol. The van der Waals surface area contributed by atoms with E-state index in [-0.39, 0.29) is 17.1 Å². The van der Waals surface area contributed by atoms with Crippen molar-refractivity contribution in [2.24, 2.45) is 11.7 Å². The number of anilines is 1. The molecule has 0 saturated heterocycles. The maximum atomic E-state index is 12.6. The minimum absolute atomic E-state index is 0.0779. The summed E-state index contributed by atoms with van der Waals surface area (Å²) in [5.74, 6) is 0.835. The summed E-state index contributed by atoms with van der Waals surface area (Å²) in [6.07, 6.45) is 4.77. The van der Waals surface area contributed by atoms with Gasteiger partial charge in [-0.15, -0.1) is 10.2 Å². The molecule has 3 rings (SSSR count). The fourth-order valence-corrected chi connectivity index (χ4v) is 4.83. The van der Waals surface area contributed by atoms with Crippen molar-refractivity contribution in [2.45, 2.75) is 77.4 Å². The number of nitrogens with one attached hydrogen (secondary N) is 1. The highest BCUT2D eigenvalue weighted by Gasteiger charge is 2.19. The molecule has 0 radical (unpaired) electrons. The van der Waals surface area contributed by atoms with Crippen LogP contribution in [0.5, 0.6) is 0 Å². The second kappa shape index (κ2) is 12.9. The number of nitrogens with zero attached hydrogens (tertiary/aromatic N) is 3. The normalized spacial score (nSPS) is 12.4. The molecule has 7 nitrogen and oxygen atoms in total. The summed E-state index contributed by atoms with van der Waals surface area (Å²) in [7, 11) is 0. The highest BCUT2D eigenvalue weighted by Crippen LogP contribution is 2.29. The average molecular weight is 522 g/mol. The third kappa shape index (κ3) is 8.18. The molecule has 8 heteroatoms. The SMILES string of the molecule is CCCCC[C@H](C)Cn1c(SCC(=O)Nc2ccc(C(N)=O)cc2)nnc1-c1ccc(C(C)(C)C)cc1. The van der Waals surface area contributed by atoms with Gasteiger partial charge in [0.05, 0.1) is 5.75 Å². The molecule has 2 amide bonds. The van der Waals surface area contributed by atoms with Crippen LogP contribution >= 0.6 is 11.8 Å². The van der Waals surface area contributed by atoms with Crippen LogP contribution in [0.25, 0.3) is 11.4 Å². The first-order chi connectivity index (χ1) is 17.6. The van der Waals surface area contributed by atoms with E-state index in [1.807, 2.05) is 0 Å². The van der Waals surface area contributed by atoms with Gasteiger partial charge in [0.1, 0.15) is 0 Å². The second-order valence-electron chi connectivity index (χ2n) is 10.6. The summed E-state index contributed by atoms with van der Waals surface area (Å²) in [6, 6.07) is 15.1. The van der Waals surface area contributed by atoms with E-state index in [4.69, 9.17) is 5.73 Å². The summed E-state index contributed by atoms with van der Waals surface area (Å²) in [5, 5.41) is 12.6. The Morgan fingerprint density at radius 3 is 2.30 bits per heavy atom. The number of hydrogen-bond donors (Lipinski definition) is 2. The smallest absolute Gasteiger partial charge is 0.248 e. The number of carbonyl (C=O) groups is 2. The zero-order valence-corrected chi connectivity index (χ0v) is 23.4. The van der Waals surface area contributed by atoms with Gasteiger partial charge in [-0.05, 0) is 47.6 Å². The van der Waals surface area contributed by atoms with Crippen molar-refractivity contribution < 1.29 is 9.59 Å². The molecule has 1 atom stereocenters. The van der Waals surface area contributed by atoms with E-state index >= 15 is 0 Å². The lowest BCUT2D eigenvalue weighted by molar-refractivity contribution is -0.113. The first kappa shape index (κ1) is 28.4. The topological polar surface area (TPSA) is 103 Å². The van der Waals surface area contributed by atoms with Crippen LogP contribution in [-0.4, -0.2) is 32.3 Å². The van der Waals surface area contributed by atoms with Gasteiger partial charge in [0, 0.05) is 23.4 Å². The summed E-state index contributed by atoms with van der Waals surface area (Å²) in [4.78, 5) is 23.9. The van der Waals surface area contributed by atoms with E-state index in [2.05, 4.69) is 79.0 Å². The molecule has 0 fully saturated rings. The Balaban J connectivity index is 1.75. The predicted molar refractivity (Wildman–Crippen MR) is 152 cm³/mol. The number of rotatable bonds is 12. The lowest BCUT2D eigenvalue weighted by Crippen LogP contribution is -2.16. The molecule has 37 heavy (non-hydrogen) atoms. The molecule has 0 aliphatic heterocycles. The lowest BCUT2D eigenvalue weighted by atomic mass is 9.86. The third-order valence-electron chi connectivity index (χ3n) is 6.31. The largest absolute Gasteiger partial charge is 0.366 e. The molecule has 0 unspecified atom stereocenters. The van der Waals surface area contributed by atoms with Crippen LogP contribution in [0.3, 0.4) is 0 Å². The maximum absolute atomic E-state index is 12.6. The molecule has 0 bridgehead atoms. The first-order valence-electron chi connectivity index (χ1n) is 12.9. The Hall–Kier alpha value is -3.13. The van der Waals surface area contributed by atoms with Crippen LogP contribution in [0.4, 0.5) is 5.69 Å². The predicted octanol–water partition coefficient (Wildman–Crippen LogP) is 6.29. The maximum Gasteiger partial charge on any atom is 0.248 e. The second-order valence-corrected chi connectivity index (χ2v) is 11.6. The Labute approximate surface area is 224 Å². The minimum atomic E-state index is -0.499. The number of aromatic nitrogens is 3. The standard InChI is InChI=1S/C29H39N5O2S/c1-6-7-8-9-20(2)18-34-27(22-10-14-23(15-11-22)29(3,4)5)32-33-28(34)37-19-25(35)31-24-16-12-21(13-17-24)26(30)36/h10-17,20H,6-9,18-19H2,1-5H3,(H2,30,36)(H,31,35)/t20-/m0/s1. The van der Waals surface area contributed by atoms with Gasteiger partial charge < -0.3 is 15.6 Å². The molecular formula is C29H39N5O2S. The van der Waals surface area contributed by atoms with Gasteiger partial charge in [-0.25, -0.2) is 0 Å². The number of benzene rings is 2. The fourth-order valence-electron chi connectivity index (χ4n) is 4.08. The number of primary amides is 1. The van der Waals surface area contributed by atoms with Crippen LogP contribution in [0, 0.1) is 5.92 Å². The van der Waals surface area contributed by atoms with Gasteiger partial charge in [0.2, 0.25) is 11.8 Å². The molecule has 2 aromatic carbocycles. The van der Waals surface area contributed by atoms with Gasteiger partial charge in [-0.2, -0.15) is 0 Å². The van der Waals surface area contributed by atoms with E-state index in [9.17, 15) is 9.59 Å². The van der Waals surface area contributed by atoms with Crippen molar-refractivity contribution in [2.75, 3.05) is 11.1 Å². The molecule has 0 aliphatic rings. The van der Waals surface area contributed by atoms with Crippen molar-refractivity contribution in [3.05, 3.63) is 59.7 Å². The Kier molecular flexibility index (Phi) is 9.92. The lowest BCUT2D eigenvalue weighted by Gasteiger charge is -2.19. The molecule has 0 spiro atoms. The Bertz CT molecular complexity index is 1180. The number of hydrogen-bond acceptors (Lipinski definition) is 5. The Morgan fingerprint density at radius 2 is 1.70 bits per heavy atom. The Morgan fingerprint density at radius 1 is 1.03 bits per heavy atom. The van der Waals surface area contributed by atoms with Crippen molar-refractivity contribution in [3.8, 4) is 11.4 Å². The van der Waals surface area contributed by atoms with Gasteiger partial charge in [0.15, 0.2) is 11.0 Å². The van der Waals surface area contributed by atoms with Crippen molar-refractivity contribution in [1.29, 1.82) is 0 Å². The molecule has 1 heterocycles. The summed E-state index contributed by atoms with van der Waals surface area (Å²) in [6.45, 7) is 11.9. The highest BCUT2D eigenvalue weighted by atomic mass is 32.2. The van der Waals surface area contributed by atoms with Crippen LogP contribution in [0.2, 0.25) is 0 Å². The monoisotopic (exact) mass is 521 g/mol. The van der Waals surface area contributed by atoms with Crippen LogP contribution in [0.1, 0.15) is 76.2 Å². The number of nitrogens with two attached hydrogens (primary N) is 1. The van der Waals surface area contributed by atoms with Gasteiger partial charge in [-0.3, -0.25) is 9.59 Å². The number of amides is 2. The molecule has 0 aliphatic carbocycles. The van der Waals surface area contributed by atoms with E-state index in [1.165, 1.54) is 36.6 Å². The third-order valence-corrected chi connectivity index (χ3v) is 7.27. The highest BCUT2D eigenvalue weighted by molar-refractivity contribution is 7.99. The van der Waals surface area contributed by atoms with E-state index in [0.717, 1.165) is 29.5 Å². The van der Waals surface area contributed by atoms with Crippen molar-refractivity contribution >= 4 is 29.3 Å². The summed E-state index contributed by atoms with van der Waals surface area (Å²) in [5.41, 5.74) is 8.66. The van der Waals surface area contributed by atoms with Gasteiger partial charge in [0.25, 0.3) is 0 Å². The fraction of sp³-hybridized carbons (Fsp3) is 0.448. The zero-order chi connectivity index (χ0) is 27.0. The minimum Gasteiger partial charge on any atom is -0.366 e. The molecule has 3 aromatic rings. The quantitative estimate of drug-likeness (QED) is 0.215. The number of thioether (sulfide) groups is 1. The summed E-state index contributed by atoms with van der Waals surface area (Å²) < 4.78 is 2.16. The van der Waals surface area contributed by atoms with Crippen LogP contribution < -0.4 is 11.1 Å². The van der Waals surface area contributed by atoms with E-state index in [1.54, 1.807) is 24.3 Å². The van der Waals surface area contributed by atoms with Crippen LogP contribution in [-0.2, 0) is 16.8 Å². The molecule has 0 saturated carbocycles. The van der Waals surface area contributed by atoms with Gasteiger partial charge >= 0.3 is 0 Å².